The predicted octanol–water partition coefficient (Wildman–Crippen LogP) is 0.0978. The molecular formula is C9H15NO4S. The second kappa shape index (κ2) is 5.97. The molecule has 0 bridgehead atoms. The second-order valence-corrected chi connectivity index (χ2v) is 4.56. The highest BCUT2D eigenvalue weighted by atomic mass is 32.2. The molecule has 1 rings (SSSR count). The lowest BCUT2D eigenvalue weighted by atomic mass is 10.2. The lowest BCUT2D eigenvalue weighted by Gasteiger charge is -2.07. The van der Waals surface area contributed by atoms with Crippen molar-refractivity contribution in [3.63, 3.8) is 0 Å². The van der Waals surface area contributed by atoms with E-state index in [1.165, 1.54) is 11.8 Å². The monoisotopic (exact) mass is 233 g/mol. The zero-order valence-electron chi connectivity index (χ0n) is 8.56. The lowest BCUT2D eigenvalue weighted by Crippen LogP contribution is -2.29. The van der Waals surface area contributed by atoms with Crippen LogP contribution in [0, 0.1) is 0 Å². The topological polar surface area (TPSA) is 75.6 Å². The van der Waals surface area contributed by atoms with Crippen LogP contribution in [-0.4, -0.2) is 47.2 Å². The molecule has 1 heterocycles. The van der Waals surface area contributed by atoms with Crippen LogP contribution in [0.15, 0.2) is 0 Å². The number of carbonyl (C=O) groups excluding carboxylic acids is 1. The van der Waals surface area contributed by atoms with Gasteiger partial charge in [-0.2, -0.15) is 0 Å². The van der Waals surface area contributed by atoms with Crippen molar-refractivity contribution in [3.05, 3.63) is 0 Å². The van der Waals surface area contributed by atoms with Crippen molar-refractivity contribution in [1.82, 2.24) is 5.32 Å². The number of carbonyl (C=O) groups is 2. The summed E-state index contributed by atoms with van der Waals surface area (Å²) in [7, 11) is 0. The molecule has 1 aliphatic heterocycles. The van der Waals surface area contributed by atoms with Gasteiger partial charge in [0.1, 0.15) is 6.04 Å². The third kappa shape index (κ3) is 4.09. The van der Waals surface area contributed by atoms with E-state index in [4.69, 9.17) is 9.84 Å². The second-order valence-electron chi connectivity index (χ2n) is 3.27. The number of hydrogen-bond donors (Lipinski definition) is 2. The van der Waals surface area contributed by atoms with Gasteiger partial charge in [-0.3, -0.25) is 9.59 Å². The van der Waals surface area contributed by atoms with Gasteiger partial charge in [0.05, 0.1) is 12.4 Å². The minimum Gasteiger partial charge on any atom is -0.480 e. The predicted molar refractivity (Wildman–Crippen MR) is 56.9 cm³/mol. The summed E-state index contributed by atoms with van der Waals surface area (Å²) in [5, 5.41) is 11.8. The van der Waals surface area contributed by atoms with Crippen molar-refractivity contribution in [2.75, 3.05) is 18.9 Å². The zero-order chi connectivity index (χ0) is 11.3. The van der Waals surface area contributed by atoms with Gasteiger partial charge < -0.3 is 15.2 Å². The molecule has 1 aliphatic rings. The zero-order valence-corrected chi connectivity index (χ0v) is 9.38. The van der Waals surface area contributed by atoms with Gasteiger partial charge in [0.15, 0.2) is 0 Å². The number of aliphatic carboxylic acids is 1. The van der Waals surface area contributed by atoms with Gasteiger partial charge in [0.2, 0.25) is 0 Å². The van der Waals surface area contributed by atoms with Gasteiger partial charge >= 0.3 is 11.9 Å². The molecule has 0 spiro atoms. The highest BCUT2D eigenvalue weighted by molar-refractivity contribution is 8.00. The van der Waals surface area contributed by atoms with E-state index in [9.17, 15) is 9.59 Å². The maximum atomic E-state index is 11.0. The quantitative estimate of drug-likeness (QED) is 0.656. The van der Waals surface area contributed by atoms with E-state index in [0.717, 1.165) is 0 Å². The Kier molecular flexibility index (Phi) is 4.90. The van der Waals surface area contributed by atoms with Gasteiger partial charge in [0.25, 0.3) is 0 Å². The number of ether oxygens (including phenoxy) is 1. The molecule has 0 aromatic rings. The lowest BCUT2D eigenvalue weighted by molar-refractivity contribution is -0.140. The Labute approximate surface area is 92.6 Å². The number of thioether (sulfide) groups is 1. The van der Waals surface area contributed by atoms with Gasteiger partial charge in [0, 0.05) is 11.8 Å². The van der Waals surface area contributed by atoms with Crippen molar-refractivity contribution in [3.8, 4) is 0 Å². The fourth-order valence-electron chi connectivity index (χ4n) is 1.41. The number of rotatable bonds is 5. The minimum absolute atomic E-state index is 0.190. The molecule has 2 atom stereocenters. The van der Waals surface area contributed by atoms with Crippen LogP contribution in [0.4, 0.5) is 0 Å². The van der Waals surface area contributed by atoms with Gasteiger partial charge in [-0.05, 0) is 13.3 Å². The van der Waals surface area contributed by atoms with Crippen molar-refractivity contribution < 1.29 is 19.4 Å². The number of hydrogen-bond acceptors (Lipinski definition) is 5. The van der Waals surface area contributed by atoms with Crippen LogP contribution in [0.2, 0.25) is 0 Å². The summed E-state index contributed by atoms with van der Waals surface area (Å²) in [6.07, 6.45) is 0.569. The molecule has 0 radical (unpaired) electrons. The average molecular weight is 233 g/mol. The summed E-state index contributed by atoms with van der Waals surface area (Å²) >= 11 is 1.45. The number of carboxylic acids is 1. The first kappa shape index (κ1) is 12.3. The van der Waals surface area contributed by atoms with Crippen molar-refractivity contribution in [2.45, 2.75) is 24.6 Å². The minimum atomic E-state index is -0.825. The van der Waals surface area contributed by atoms with Crippen LogP contribution in [0.5, 0.6) is 0 Å². The van der Waals surface area contributed by atoms with Crippen LogP contribution in [0.25, 0.3) is 0 Å². The Bertz CT molecular complexity index is 246. The van der Waals surface area contributed by atoms with E-state index < -0.39 is 12.0 Å². The molecule has 0 saturated carbocycles. The molecule has 0 aliphatic carbocycles. The molecule has 86 valence electrons. The average Bonchev–Trinajstić information content (AvgIpc) is 2.63. The van der Waals surface area contributed by atoms with Gasteiger partial charge in [-0.1, -0.05) is 0 Å². The third-order valence-electron chi connectivity index (χ3n) is 2.13. The SMILES string of the molecule is CCOC(=O)CSC1CNC(C(=O)O)C1. The summed E-state index contributed by atoms with van der Waals surface area (Å²) in [6, 6.07) is -0.468. The van der Waals surface area contributed by atoms with Crippen molar-refractivity contribution in [2.24, 2.45) is 0 Å². The molecule has 6 heteroatoms. The number of esters is 1. The highest BCUT2D eigenvalue weighted by Crippen LogP contribution is 2.21. The molecule has 1 fully saturated rings. The van der Waals surface area contributed by atoms with Crippen LogP contribution in [0.3, 0.4) is 0 Å². The highest BCUT2D eigenvalue weighted by Gasteiger charge is 2.29. The summed E-state index contributed by atoms with van der Waals surface area (Å²) in [6.45, 7) is 2.79. The van der Waals surface area contributed by atoms with Crippen molar-refractivity contribution in [1.29, 1.82) is 0 Å². The maximum Gasteiger partial charge on any atom is 0.320 e. The molecule has 1 saturated heterocycles. The number of carboxylic acid groups (broad SMARTS) is 1. The van der Waals surface area contributed by atoms with Crippen LogP contribution in [-0.2, 0) is 14.3 Å². The summed E-state index contributed by atoms with van der Waals surface area (Å²) < 4.78 is 4.78. The first-order chi connectivity index (χ1) is 7.13. The van der Waals surface area contributed by atoms with Crippen LogP contribution >= 0.6 is 11.8 Å². The van der Waals surface area contributed by atoms with Gasteiger partial charge in [-0.15, -0.1) is 11.8 Å². The normalized spacial score (nSPS) is 25.1. The Morgan fingerprint density at radius 2 is 2.33 bits per heavy atom. The summed E-state index contributed by atoms with van der Waals surface area (Å²) in [5.41, 5.74) is 0. The van der Waals surface area contributed by atoms with Crippen LogP contribution < -0.4 is 5.32 Å². The summed E-state index contributed by atoms with van der Waals surface area (Å²) in [5.74, 6) is -0.762. The molecule has 0 aromatic heterocycles. The van der Waals surface area contributed by atoms with E-state index in [0.29, 0.717) is 25.3 Å². The van der Waals surface area contributed by atoms with Crippen LogP contribution in [0.1, 0.15) is 13.3 Å². The molecule has 5 nitrogen and oxygen atoms in total. The Hall–Kier alpha value is -0.750. The van der Waals surface area contributed by atoms with Crippen molar-refractivity contribution >= 4 is 23.7 Å². The molecule has 0 amide bonds. The smallest absolute Gasteiger partial charge is 0.320 e. The molecule has 2 unspecified atom stereocenters. The van der Waals surface area contributed by atoms with E-state index >= 15 is 0 Å². The van der Waals surface area contributed by atoms with E-state index in [-0.39, 0.29) is 11.2 Å². The summed E-state index contributed by atoms with van der Waals surface area (Å²) in [4.78, 5) is 21.7. The van der Waals surface area contributed by atoms with E-state index in [1.54, 1.807) is 6.92 Å². The molecule has 0 aromatic carbocycles. The first-order valence-electron chi connectivity index (χ1n) is 4.87. The Morgan fingerprint density at radius 3 is 2.87 bits per heavy atom. The standard InChI is InChI=1S/C9H15NO4S/c1-2-14-8(11)5-15-6-3-7(9(12)13)10-4-6/h6-7,10H,2-5H2,1H3,(H,12,13). The fraction of sp³-hybridized carbons (Fsp3) is 0.778. The largest absolute Gasteiger partial charge is 0.480 e. The van der Waals surface area contributed by atoms with E-state index in [1.807, 2.05) is 0 Å². The fourth-order valence-corrected chi connectivity index (χ4v) is 2.40. The molecule has 15 heavy (non-hydrogen) atoms. The number of nitrogens with one attached hydrogen (secondary N) is 1. The van der Waals surface area contributed by atoms with E-state index in [2.05, 4.69) is 5.32 Å². The van der Waals surface area contributed by atoms with Gasteiger partial charge in [-0.25, -0.2) is 0 Å². The molecule has 2 N–H and O–H groups in total. The first-order valence-corrected chi connectivity index (χ1v) is 5.91. The third-order valence-corrected chi connectivity index (χ3v) is 3.36. The Morgan fingerprint density at radius 1 is 1.60 bits per heavy atom. The Balaban J connectivity index is 2.19. The molecular weight excluding hydrogens is 218 g/mol. The maximum absolute atomic E-state index is 11.0.